The molecule has 0 fully saturated rings. The lowest BCUT2D eigenvalue weighted by Crippen LogP contribution is -2.40. The average molecular weight is 385 g/mol. The quantitative estimate of drug-likeness (QED) is 0.677. The number of nitrogens with zero attached hydrogens (tertiary/aromatic N) is 2. The van der Waals surface area contributed by atoms with Crippen LogP contribution in [-0.4, -0.2) is 51.1 Å². The summed E-state index contributed by atoms with van der Waals surface area (Å²) in [6, 6.07) is 14.9. The normalized spacial score (nSPS) is 10.6. The predicted molar refractivity (Wildman–Crippen MR) is 108 cm³/mol. The van der Waals surface area contributed by atoms with Crippen molar-refractivity contribution in [2.24, 2.45) is 5.73 Å². The number of para-hydroxylation sites is 2. The summed E-state index contributed by atoms with van der Waals surface area (Å²) >= 11 is 0. The van der Waals surface area contributed by atoms with Gasteiger partial charge in [0.05, 0.1) is 20.8 Å². The zero-order valence-corrected chi connectivity index (χ0v) is 16.6. The van der Waals surface area contributed by atoms with Gasteiger partial charge in [-0.15, -0.1) is 0 Å². The van der Waals surface area contributed by atoms with Crippen molar-refractivity contribution in [3.63, 3.8) is 0 Å². The van der Waals surface area contributed by atoms with Crippen molar-refractivity contribution in [2.45, 2.75) is 13.0 Å². The van der Waals surface area contributed by atoms with Gasteiger partial charge >= 0.3 is 0 Å². The van der Waals surface area contributed by atoms with Gasteiger partial charge < -0.3 is 20.1 Å². The lowest BCUT2D eigenvalue weighted by Gasteiger charge is -2.26. The molecular weight excluding hydrogens is 358 g/mol. The summed E-state index contributed by atoms with van der Waals surface area (Å²) < 4.78 is 10.8. The van der Waals surface area contributed by atoms with Crippen LogP contribution in [0.5, 0.6) is 11.5 Å². The molecule has 0 heterocycles. The number of methoxy groups -OCH3 is 2. The van der Waals surface area contributed by atoms with Gasteiger partial charge in [-0.3, -0.25) is 14.5 Å². The van der Waals surface area contributed by atoms with E-state index in [1.165, 1.54) is 0 Å². The molecule has 28 heavy (non-hydrogen) atoms. The fraction of sp³-hybridized carbons (Fsp3) is 0.333. The van der Waals surface area contributed by atoms with Gasteiger partial charge in [-0.05, 0) is 25.2 Å². The summed E-state index contributed by atoms with van der Waals surface area (Å²) in [5, 5.41) is 0. The standard InChI is InChI=1S/C21H27N3O4/c1-23(14-16-8-7-11-18(27-2)21(16)28-3)15-20(26)24(13-12-19(22)25)17-9-5-4-6-10-17/h4-11H,12-15H2,1-3H3,(H2,22,25). The second-order valence-corrected chi connectivity index (χ2v) is 6.42. The number of likely N-dealkylation sites (N-methyl/N-ethyl adjacent to an activating group) is 1. The smallest absolute Gasteiger partial charge is 0.241 e. The van der Waals surface area contributed by atoms with Gasteiger partial charge in [0.25, 0.3) is 0 Å². The number of ether oxygens (including phenoxy) is 2. The number of rotatable bonds is 10. The Balaban J connectivity index is 2.11. The molecule has 0 aliphatic carbocycles. The SMILES string of the molecule is COc1cccc(CN(C)CC(=O)N(CCC(N)=O)c2ccccc2)c1OC. The first kappa shape index (κ1) is 21.2. The Kier molecular flexibility index (Phi) is 7.83. The first-order chi connectivity index (χ1) is 13.5. The second-order valence-electron chi connectivity index (χ2n) is 6.42. The number of benzene rings is 2. The zero-order chi connectivity index (χ0) is 20.5. The van der Waals surface area contributed by atoms with E-state index in [1.54, 1.807) is 19.1 Å². The highest BCUT2D eigenvalue weighted by Gasteiger charge is 2.19. The Labute approximate surface area is 165 Å². The van der Waals surface area contributed by atoms with E-state index in [9.17, 15) is 9.59 Å². The number of hydrogen-bond acceptors (Lipinski definition) is 5. The fourth-order valence-electron chi connectivity index (χ4n) is 2.97. The summed E-state index contributed by atoms with van der Waals surface area (Å²) in [7, 11) is 5.03. The largest absolute Gasteiger partial charge is 0.493 e. The molecule has 0 spiro atoms. The maximum atomic E-state index is 12.9. The Hall–Kier alpha value is -3.06. The minimum absolute atomic E-state index is 0.105. The first-order valence-corrected chi connectivity index (χ1v) is 8.98. The molecule has 2 rings (SSSR count). The van der Waals surface area contributed by atoms with Crippen LogP contribution in [0, 0.1) is 0 Å². The van der Waals surface area contributed by atoms with Gasteiger partial charge in [0.2, 0.25) is 11.8 Å². The van der Waals surface area contributed by atoms with Gasteiger partial charge in [0.15, 0.2) is 11.5 Å². The van der Waals surface area contributed by atoms with E-state index < -0.39 is 5.91 Å². The predicted octanol–water partition coefficient (Wildman–Crippen LogP) is 2.04. The highest BCUT2D eigenvalue weighted by Crippen LogP contribution is 2.31. The summed E-state index contributed by atoms with van der Waals surface area (Å²) in [6.45, 7) is 0.924. The van der Waals surface area contributed by atoms with Gasteiger partial charge in [-0.25, -0.2) is 0 Å². The van der Waals surface area contributed by atoms with Crippen molar-refractivity contribution in [3.8, 4) is 11.5 Å². The Morgan fingerprint density at radius 2 is 1.71 bits per heavy atom. The minimum Gasteiger partial charge on any atom is -0.493 e. The van der Waals surface area contributed by atoms with Crippen molar-refractivity contribution in [1.29, 1.82) is 0 Å². The van der Waals surface area contributed by atoms with Crippen molar-refractivity contribution < 1.29 is 19.1 Å². The maximum absolute atomic E-state index is 12.9. The molecule has 2 N–H and O–H groups in total. The van der Waals surface area contributed by atoms with Gasteiger partial charge in [0.1, 0.15) is 0 Å². The lowest BCUT2D eigenvalue weighted by atomic mass is 10.1. The molecule has 2 aromatic rings. The van der Waals surface area contributed by atoms with Crippen LogP contribution in [0.4, 0.5) is 5.69 Å². The molecule has 0 aliphatic heterocycles. The van der Waals surface area contributed by atoms with Gasteiger partial charge in [-0.2, -0.15) is 0 Å². The van der Waals surface area contributed by atoms with E-state index >= 15 is 0 Å². The highest BCUT2D eigenvalue weighted by molar-refractivity contribution is 5.95. The molecule has 0 saturated carbocycles. The summed E-state index contributed by atoms with van der Waals surface area (Å²) in [5.41, 5.74) is 6.92. The third-order valence-electron chi connectivity index (χ3n) is 4.28. The molecule has 0 radical (unpaired) electrons. The molecule has 0 atom stereocenters. The van der Waals surface area contributed by atoms with E-state index in [0.717, 1.165) is 11.3 Å². The maximum Gasteiger partial charge on any atom is 0.241 e. The third-order valence-corrected chi connectivity index (χ3v) is 4.28. The van der Waals surface area contributed by atoms with E-state index in [-0.39, 0.29) is 25.4 Å². The Bertz CT molecular complexity index is 795. The first-order valence-electron chi connectivity index (χ1n) is 8.98. The molecule has 0 aromatic heterocycles. The van der Waals surface area contributed by atoms with Crippen molar-refractivity contribution in [2.75, 3.05) is 39.3 Å². The molecule has 2 amide bonds. The monoisotopic (exact) mass is 385 g/mol. The van der Waals surface area contributed by atoms with Crippen molar-refractivity contribution in [1.82, 2.24) is 4.90 Å². The number of hydrogen-bond donors (Lipinski definition) is 1. The average Bonchev–Trinajstić information content (AvgIpc) is 2.68. The number of carbonyl (C=O) groups excluding carboxylic acids is 2. The molecular formula is C21H27N3O4. The third kappa shape index (κ3) is 5.72. The Morgan fingerprint density at radius 3 is 2.32 bits per heavy atom. The van der Waals surface area contributed by atoms with E-state index in [1.807, 2.05) is 60.5 Å². The number of nitrogens with two attached hydrogens (primary N) is 1. The molecule has 0 aliphatic rings. The fourth-order valence-corrected chi connectivity index (χ4v) is 2.97. The number of primary amides is 1. The van der Waals surface area contributed by atoms with Gasteiger partial charge in [-0.1, -0.05) is 30.3 Å². The van der Waals surface area contributed by atoms with Crippen molar-refractivity contribution >= 4 is 17.5 Å². The molecule has 7 nitrogen and oxygen atoms in total. The van der Waals surface area contributed by atoms with E-state index in [2.05, 4.69) is 0 Å². The van der Waals surface area contributed by atoms with E-state index in [0.29, 0.717) is 18.0 Å². The van der Waals surface area contributed by atoms with Crippen LogP contribution in [0.15, 0.2) is 48.5 Å². The lowest BCUT2D eigenvalue weighted by molar-refractivity contribution is -0.120. The number of carbonyl (C=O) groups is 2. The van der Waals surface area contributed by atoms with E-state index in [4.69, 9.17) is 15.2 Å². The number of amides is 2. The van der Waals surface area contributed by atoms with Crippen molar-refractivity contribution in [3.05, 3.63) is 54.1 Å². The second kappa shape index (κ2) is 10.3. The molecule has 7 heteroatoms. The zero-order valence-electron chi connectivity index (χ0n) is 16.6. The molecule has 0 bridgehead atoms. The highest BCUT2D eigenvalue weighted by atomic mass is 16.5. The number of anilines is 1. The molecule has 0 unspecified atom stereocenters. The van der Waals surface area contributed by atoms with Crippen LogP contribution in [0.25, 0.3) is 0 Å². The van der Waals surface area contributed by atoms with Crippen LogP contribution in [0.3, 0.4) is 0 Å². The van der Waals surface area contributed by atoms with Gasteiger partial charge in [0, 0.05) is 30.8 Å². The molecule has 150 valence electrons. The van der Waals surface area contributed by atoms with Crippen LogP contribution in [0.1, 0.15) is 12.0 Å². The summed E-state index contributed by atoms with van der Waals surface area (Å²) in [6.07, 6.45) is 0.105. The van der Waals surface area contributed by atoms with Crippen LogP contribution < -0.4 is 20.1 Å². The van der Waals surface area contributed by atoms with Crippen LogP contribution >= 0.6 is 0 Å². The Morgan fingerprint density at radius 1 is 1.00 bits per heavy atom. The summed E-state index contributed by atoms with van der Waals surface area (Å²) in [5.74, 6) is 0.741. The minimum atomic E-state index is -0.441. The summed E-state index contributed by atoms with van der Waals surface area (Å²) in [4.78, 5) is 27.6. The molecule has 2 aromatic carbocycles. The van der Waals surface area contributed by atoms with Crippen LogP contribution in [-0.2, 0) is 16.1 Å². The van der Waals surface area contributed by atoms with Crippen LogP contribution in [0.2, 0.25) is 0 Å². The molecule has 0 saturated heterocycles. The topological polar surface area (TPSA) is 85.1 Å².